The number of amides is 1. The monoisotopic (exact) mass is 423 g/mol. The fourth-order valence-corrected chi connectivity index (χ4v) is 4.84. The molecule has 1 aromatic rings. The highest BCUT2D eigenvalue weighted by atomic mass is 19.4. The Bertz CT molecular complexity index is 825. The van der Waals surface area contributed by atoms with Crippen LogP contribution in [0.5, 0.6) is 0 Å². The van der Waals surface area contributed by atoms with E-state index in [0.717, 1.165) is 12.1 Å². The van der Waals surface area contributed by atoms with Gasteiger partial charge in [-0.15, -0.1) is 0 Å². The number of alkyl halides is 3. The quantitative estimate of drug-likeness (QED) is 0.592. The van der Waals surface area contributed by atoms with Crippen molar-refractivity contribution in [3.8, 4) is 6.07 Å². The van der Waals surface area contributed by atoms with E-state index in [0.29, 0.717) is 37.9 Å². The van der Waals surface area contributed by atoms with Gasteiger partial charge in [-0.1, -0.05) is 0 Å². The maximum absolute atomic E-state index is 12.8. The molecule has 30 heavy (non-hydrogen) atoms. The zero-order valence-electron chi connectivity index (χ0n) is 16.2. The van der Waals surface area contributed by atoms with E-state index in [4.69, 9.17) is 0 Å². The minimum atomic E-state index is -4.41. The minimum absolute atomic E-state index is 0.130. The molecule has 2 aliphatic heterocycles. The standard InChI is InChI=1S/C20H24F3N5O2/c21-20(22,23)12-1-3-13(4-2-12)26-18-17-16(7-8-25-19(17)30)28(27-18)15-6-5-14(29)9-11(15)10-24/h1-4,11,14-18,26-27,29H,5-9H2,(H,25,30)/t11-,14-,15+,16?,17?,18?/m1/s1. The number of fused-ring (bicyclic) bond motifs is 1. The number of benzene rings is 1. The van der Waals surface area contributed by atoms with Gasteiger partial charge in [0.25, 0.3) is 0 Å². The molecular formula is C20H24F3N5O2. The van der Waals surface area contributed by atoms with Crippen LogP contribution in [-0.4, -0.2) is 46.9 Å². The van der Waals surface area contributed by atoms with Crippen molar-refractivity contribution in [1.29, 1.82) is 5.26 Å². The Balaban J connectivity index is 1.55. The number of nitriles is 1. The Hall–Kier alpha value is -2.35. The van der Waals surface area contributed by atoms with Gasteiger partial charge in [0.2, 0.25) is 5.91 Å². The van der Waals surface area contributed by atoms with Crippen LogP contribution in [0.15, 0.2) is 24.3 Å². The van der Waals surface area contributed by atoms with Crippen molar-refractivity contribution in [2.45, 2.75) is 56.2 Å². The number of carbonyl (C=O) groups is 1. The SMILES string of the molecule is N#C[C@H]1C[C@H](O)CC[C@@H]1N1NC(Nc2ccc(C(F)(F)F)cc2)C2C(=O)NCCC21. The van der Waals surface area contributed by atoms with Crippen LogP contribution in [0.4, 0.5) is 18.9 Å². The molecule has 3 aliphatic rings. The minimum Gasteiger partial charge on any atom is -0.393 e. The van der Waals surface area contributed by atoms with Crippen molar-refractivity contribution in [2.75, 3.05) is 11.9 Å². The van der Waals surface area contributed by atoms with Crippen LogP contribution in [0.25, 0.3) is 0 Å². The highest BCUT2D eigenvalue weighted by molar-refractivity contribution is 5.82. The summed E-state index contributed by atoms with van der Waals surface area (Å²) >= 11 is 0. The van der Waals surface area contributed by atoms with Crippen molar-refractivity contribution in [2.24, 2.45) is 11.8 Å². The van der Waals surface area contributed by atoms with Crippen molar-refractivity contribution in [1.82, 2.24) is 15.8 Å². The molecule has 4 rings (SSSR count). The van der Waals surface area contributed by atoms with Crippen LogP contribution in [-0.2, 0) is 11.0 Å². The second-order valence-corrected chi connectivity index (χ2v) is 8.18. The molecule has 0 aromatic heterocycles. The van der Waals surface area contributed by atoms with E-state index in [1.165, 1.54) is 12.1 Å². The topological polar surface area (TPSA) is 100 Å². The molecule has 4 N–H and O–H groups in total. The average Bonchev–Trinajstić information content (AvgIpc) is 3.07. The second-order valence-electron chi connectivity index (χ2n) is 8.18. The third-order valence-corrected chi connectivity index (χ3v) is 6.30. The number of aliphatic hydroxyl groups excluding tert-OH is 1. The van der Waals surface area contributed by atoms with Crippen LogP contribution in [0.2, 0.25) is 0 Å². The van der Waals surface area contributed by atoms with Crippen LogP contribution in [0.1, 0.15) is 31.2 Å². The number of rotatable bonds is 3. The van der Waals surface area contributed by atoms with Gasteiger partial charge in [-0.2, -0.15) is 18.4 Å². The smallest absolute Gasteiger partial charge is 0.393 e. The van der Waals surface area contributed by atoms with Crippen molar-refractivity contribution in [3.63, 3.8) is 0 Å². The average molecular weight is 423 g/mol. The molecule has 1 aromatic carbocycles. The summed E-state index contributed by atoms with van der Waals surface area (Å²) in [4.78, 5) is 12.6. The number of hydrogen-bond donors (Lipinski definition) is 4. The Labute approximate surface area is 172 Å². The third kappa shape index (κ3) is 3.97. The number of nitrogens with zero attached hydrogens (tertiary/aromatic N) is 2. The summed E-state index contributed by atoms with van der Waals surface area (Å²) in [7, 11) is 0. The van der Waals surface area contributed by atoms with Gasteiger partial charge < -0.3 is 15.7 Å². The summed E-state index contributed by atoms with van der Waals surface area (Å²) < 4.78 is 38.4. The summed E-state index contributed by atoms with van der Waals surface area (Å²) in [6.07, 6.45) is -3.12. The summed E-state index contributed by atoms with van der Waals surface area (Å²) in [5, 5.41) is 27.5. The molecule has 2 heterocycles. The predicted molar refractivity (Wildman–Crippen MR) is 101 cm³/mol. The molecule has 162 valence electrons. The number of piperidine rings is 1. The molecule has 3 fully saturated rings. The number of halogens is 3. The lowest BCUT2D eigenvalue weighted by Crippen LogP contribution is -2.55. The zero-order valence-corrected chi connectivity index (χ0v) is 16.2. The van der Waals surface area contributed by atoms with Crippen molar-refractivity contribution < 1.29 is 23.1 Å². The first-order chi connectivity index (χ1) is 14.3. The molecule has 7 nitrogen and oxygen atoms in total. The number of hydrazine groups is 1. The first-order valence-electron chi connectivity index (χ1n) is 10.1. The maximum Gasteiger partial charge on any atom is 0.416 e. The van der Waals surface area contributed by atoms with Crippen LogP contribution in [0, 0.1) is 23.2 Å². The largest absolute Gasteiger partial charge is 0.416 e. The summed E-state index contributed by atoms with van der Waals surface area (Å²) in [6, 6.07) is 6.70. The number of hydrogen-bond acceptors (Lipinski definition) is 6. The van der Waals surface area contributed by atoms with Gasteiger partial charge in [0.1, 0.15) is 6.17 Å². The predicted octanol–water partition coefficient (Wildman–Crippen LogP) is 1.82. The number of aliphatic hydroxyl groups is 1. The van der Waals surface area contributed by atoms with E-state index in [1.54, 1.807) is 0 Å². The van der Waals surface area contributed by atoms with Crippen molar-refractivity contribution >= 4 is 11.6 Å². The Morgan fingerprint density at radius 3 is 2.57 bits per heavy atom. The fraction of sp³-hybridized carbons (Fsp3) is 0.600. The first kappa shape index (κ1) is 20.9. The van der Waals surface area contributed by atoms with Gasteiger partial charge in [0.05, 0.1) is 29.6 Å². The highest BCUT2D eigenvalue weighted by Gasteiger charge is 2.51. The molecule has 10 heteroatoms. The molecule has 6 atom stereocenters. The van der Waals surface area contributed by atoms with Gasteiger partial charge in [0, 0.05) is 24.3 Å². The summed E-state index contributed by atoms with van der Waals surface area (Å²) in [5.41, 5.74) is 3.04. The van der Waals surface area contributed by atoms with Crippen molar-refractivity contribution in [3.05, 3.63) is 29.8 Å². The Kier molecular flexibility index (Phi) is 5.61. The van der Waals surface area contributed by atoms with Gasteiger partial charge in [0.15, 0.2) is 0 Å². The fourth-order valence-electron chi connectivity index (χ4n) is 4.84. The molecule has 1 amide bonds. The van der Waals surface area contributed by atoms with Crippen LogP contribution in [0.3, 0.4) is 0 Å². The molecule has 3 unspecified atom stereocenters. The lowest BCUT2D eigenvalue weighted by molar-refractivity contribution is -0.137. The third-order valence-electron chi connectivity index (χ3n) is 6.30. The van der Waals surface area contributed by atoms with E-state index >= 15 is 0 Å². The molecule has 1 saturated carbocycles. The van der Waals surface area contributed by atoms with E-state index in [9.17, 15) is 28.3 Å². The van der Waals surface area contributed by atoms with Crippen LogP contribution < -0.4 is 16.1 Å². The van der Waals surface area contributed by atoms with Gasteiger partial charge in [-0.05, 0) is 49.9 Å². The van der Waals surface area contributed by atoms with E-state index in [2.05, 4.69) is 22.1 Å². The normalized spacial score (nSPS) is 34.7. The second kappa shape index (κ2) is 8.06. The lowest BCUT2D eigenvalue weighted by atomic mass is 9.81. The number of carbonyl (C=O) groups excluding carboxylic acids is 1. The summed E-state index contributed by atoms with van der Waals surface area (Å²) in [6.45, 7) is 0.526. The number of anilines is 1. The molecule has 0 spiro atoms. The lowest BCUT2D eigenvalue weighted by Gasteiger charge is -2.40. The van der Waals surface area contributed by atoms with E-state index in [-0.39, 0.29) is 23.9 Å². The first-order valence-corrected chi connectivity index (χ1v) is 10.1. The molecule has 1 aliphatic carbocycles. The van der Waals surface area contributed by atoms with Gasteiger partial charge in [-0.3, -0.25) is 4.79 Å². The van der Waals surface area contributed by atoms with Crippen LogP contribution >= 0.6 is 0 Å². The molecule has 0 bridgehead atoms. The number of nitrogens with one attached hydrogen (secondary N) is 3. The summed E-state index contributed by atoms with van der Waals surface area (Å²) in [5.74, 6) is -0.945. The Morgan fingerprint density at radius 1 is 1.17 bits per heavy atom. The highest BCUT2D eigenvalue weighted by Crippen LogP contribution is 2.37. The Morgan fingerprint density at radius 2 is 1.90 bits per heavy atom. The molecule has 2 saturated heterocycles. The maximum atomic E-state index is 12.8. The van der Waals surface area contributed by atoms with Gasteiger partial charge in [-0.25, -0.2) is 10.4 Å². The van der Waals surface area contributed by atoms with E-state index < -0.39 is 29.9 Å². The van der Waals surface area contributed by atoms with Gasteiger partial charge >= 0.3 is 6.18 Å². The van der Waals surface area contributed by atoms with E-state index in [1.807, 2.05) is 5.01 Å². The zero-order chi connectivity index (χ0) is 21.5. The molecular weight excluding hydrogens is 399 g/mol. The molecule has 0 radical (unpaired) electrons.